The monoisotopic (exact) mass is 279 g/mol. The molecule has 0 aliphatic heterocycles. The van der Waals surface area contributed by atoms with E-state index in [1.54, 1.807) is 0 Å². The highest BCUT2D eigenvalue weighted by Crippen LogP contribution is 2.32. The molecule has 1 atom stereocenters. The standard InChI is InChI=1S/C13H17F4NO/c1-3-18-12(6-7-19-2)9-4-5-10(11(14)8-9)13(15,16)17/h4-5,8,12,18H,3,6-7H2,1-2H3. The van der Waals surface area contributed by atoms with Gasteiger partial charge in [0.1, 0.15) is 5.82 Å². The van der Waals surface area contributed by atoms with Crippen LogP contribution < -0.4 is 5.32 Å². The first kappa shape index (κ1) is 15.9. The summed E-state index contributed by atoms with van der Waals surface area (Å²) >= 11 is 0. The smallest absolute Gasteiger partial charge is 0.385 e. The Morgan fingerprint density at radius 3 is 2.47 bits per heavy atom. The Morgan fingerprint density at radius 2 is 2.00 bits per heavy atom. The third-order valence-electron chi connectivity index (χ3n) is 2.76. The fourth-order valence-electron chi connectivity index (χ4n) is 1.85. The molecular weight excluding hydrogens is 262 g/mol. The van der Waals surface area contributed by atoms with E-state index in [9.17, 15) is 17.6 Å². The van der Waals surface area contributed by atoms with E-state index in [0.717, 1.165) is 12.1 Å². The van der Waals surface area contributed by atoms with Crippen molar-refractivity contribution in [3.63, 3.8) is 0 Å². The lowest BCUT2D eigenvalue weighted by molar-refractivity contribution is -0.140. The topological polar surface area (TPSA) is 21.3 Å². The number of halogens is 4. The molecule has 0 bridgehead atoms. The molecule has 2 nitrogen and oxygen atoms in total. The second-order valence-corrected chi connectivity index (χ2v) is 4.13. The first-order chi connectivity index (χ1) is 8.90. The Bertz CT molecular complexity index is 406. The predicted octanol–water partition coefficient (Wildman–Crippen LogP) is 3.53. The lowest BCUT2D eigenvalue weighted by Gasteiger charge is -2.19. The SMILES string of the molecule is CCNC(CCOC)c1ccc(C(F)(F)F)c(F)c1. The largest absolute Gasteiger partial charge is 0.419 e. The lowest BCUT2D eigenvalue weighted by atomic mass is 10.0. The van der Waals surface area contributed by atoms with Gasteiger partial charge in [-0.05, 0) is 30.7 Å². The van der Waals surface area contributed by atoms with Crippen LogP contribution in [0.2, 0.25) is 0 Å². The summed E-state index contributed by atoms with van der Waals surface area (Å²) in [6.07, 6.45) is -4.10. The molecule has 1 rings (SSSR count). The van der Waals surface area contributed by atoms with E-state index in [1.165, 1.54) is 13.2 Å². The zero-order valence-corrected chi connectivity index (χ0v) is 10.9. The Morgan fingerprint density at radius 1 is 1.32 bits per heavy atom. The molecule has 0 aliphatic carbocycles. The number of ether oxygens (including phenoxy) is 1. The summed E-state index contributed by atoms with van der Waals surface area (Å²) in [7, 11) is 1.54. The fourth-order valence-corrected chi connectivity index (χ4v) is 1.85. The minimum Gasteiger partial charge on any atom is -0.385 e. The van der Waals surface area contributed by atoms with Gasteiger partial charge >= 0.3 is 6.18 Å². The molecule has 0 amide bonds. The number of benzene rings is 1. The van der Waals surface area contributed by atoms with Gasteiger partial charge in [0.25, 0.3) is 0 Å². The summed E-state index contributed by atoms with van der Waals surface area (Å²) in [5, 5.41) is 3.09. The third kappa shape index (κ3) is 4.47. The maximum absolute atomic E-state index is 13.5. The van der Waals surface area contributed by atoms with Crippen molar-refractivity contribution in [1.82, 2.24) is 5.32 Å². The maximum Gasteiger partial charge on any atom is 0.419 e. The molecule has 1 unspecified atom stereocenters. The first-order valence-corrected chi connectivity index (χ1v) is 5.99. The van der Waals surface area contributed by atoms with Crippen molar-refractivity contribution in [3.05, 3.63) is 35.1 Å². The fraction of sp³-hybridized carbons (Fsp3) is 0.538. The average molecular weight is 279 g/mol. The quantitative estimate of drug-likeness (QED) is 0.804. The average Bonchev–Trinajstić information content (AvgIpc) is 2.32. The van der Waals surface area contributed by atoms with Crippen LogP contribution in [-0.4, -0.2) is 20.3 Å². The van der Waals surface area contributed by atoms with Crippen molar-refractivity contribution in [1.29, 1.82) is 0 Å². The van der Waals surface area contributed by atoms with Crippen LogP contribution in [0, 0.1) is 5.82 Å². The molecule has 0 heterocycles. The van der Waals surface area contributed by atoms with Gasteiger partial charge in [0.15, 0.2) is 0 Å². The number of methoxy groups -OCH3 is 1. The van der Waals surface area contributed by atoms with E-state index in [0.29, 0.717) is 25.1 Å². The van der Waals surface area contributed by atoms with E-state index in [1.807, 2.05) is 6.92 Å². The van der Waals surface area contributed by atoms with Crippen molar-refractivity contribution >= 4 is 0 Å². The van der Waals surface area contributed by atoms with Crippen LogP contribution in [-0.2, 0) is 10.9 Å². The predicted molar refractivity (Wildman–Crippen MR) is 64.3 cm³/mol. The highest BCUT2D eigenvalue weighted by atomic mass is 19.4. The maximum atomic E-state index is 13.5. The number of alkyl halides is 3. The second-order valence-electron chi connectivity index (χ2n) is 4.13. The highest BCUT2D eigenvalue weighted by molar-refractivity contribution is 5.28. The van der Waals surface area contributed by atoms with Crippen molar-refractivity contribution in [2.75, 3.05) is 20.3 Å². The first-order valence-electron chi connectivity index (χ1n) is 5.99. The van der Waals surface area contributed by atoms with Gasteiger partial charge in [-0.25, -0.2) is 4.39 Å². The van der Waals surface area contributed by atoms with Crippen LogP contribution in [0.25, 0.3) is 0 Å². The number of hydrogen-bond acceptors (Lipinski definition) is 2. The van der Waals surface area contributed by atoms with Gasteiger partial charge in [-0.3, -0.25) is 0 Å². The Labute approximate surface area is 109 Å². The number of hydrogen-bond donors (Lipinski definition) is 1. The van der Waals surface area contributed by atoms with Crippen molar-refractivity contribution < 1.29 is 22.3 Å². The normalized spacial score (nSPS) is 13.6. The molecule has 0 radical (unpaired) electrons. The summed E-state index contributed by atoms with van der Waals surface area (Å²) in [6, 6.07) is 2.80. The molecule has 108 valence electrons. The Kier molecular flexibility index (Phi) is 5.75. The van der Waals surface area contributed by atoms with Crippen molar-refractivity contribution in [3.8, 4) is 0 Å². The molecule has 0 saturated carbocycles. The molecule has 6 heteroatoms. The van der Waals surface area contributed by atoms with Gasteiger partial charge in [-0.1, -0.05) is 13.0 Å². The molecule has 1 aromatic carbocycles. The van der Waals surface area contributed by atoms with Gasteiger partial charge < -0.3 is 10.1 Å². The van der Waals surface area contributed by atoms with E-state index in [-0.39, 0.29) is 6.04 Å². The summed E-state index contributed by atoms with van der Waals surface area (Å²) in [5.41, 5.74) is -0.748. The van der Waals surface area contributed by atoms with Gasteiger partial charge in [0, 0.05) is 19.8 Å². The lowest BCUT2D eigenvalue weighted by Crippen LogP contribution is -2.22. The summed E-state index contributed by atoms with van der Waals surface area (Å²) in [4.78, 5) is 0. The van der Waals surface area contributed by atoms with Crippen LogP contribution in [0.1, 0.15) is 30.5 Å². The van der Waals surface area contributed by atoms with Crippen LogP contribution >= 0.6 is 0 Å². The number of nitrogens with one attached hydrogen (secondary N) is 1. The highest BCUT2D eigenvalue weighted by Gasteiger charge is 2.34. The van der Waals surface area contributed by atoms with Crippen LogP contribution in [0.3, 0.4) is 0 Å². The molecule has 19 heavy (non-hydrogen) atoms. The van der Waals surface area contributed by atoms with Crippen LogP contribution in [0.4, 0.5) is 17.6 Å². The van der Waals surface area contributed by atoms with Gasteiger partial charge in [0.2, 0.25) is 0 Å². The van der Waals surface area contributed by atoms with Gasteiger partial charge in [-0.2, -0.15) is 13.2 Å². The molecule has 0 aliphatic rings. The number of rotatable bonds is 6. The summed E-state index contributed by atoms with van der Waals surface area (Å²) < 4.78 is 55.8. The van der Waals surface area contributed by atoms with Crippen molar-refractivity contribution in [2.45, 2.75) is 25.6 Å². The van der Waals surface area contributed by atoms with E-state index >= 15 is 0 Å². The summed E-state index contributed by atoms with van der Waals surface area (Å²) in [6.45, 7) is 2.96. The van der Waals surface area contributed by atoms with Gasteiger partial charge in [-0.15, -0.1) is 0 Å². The van der Waals surface area contributed by atoms with E-state index in [4.69, 9.17) is 4.74 Å². The zero-order chi connectivity index (χ0) is 14.5. The minimum atomic E-state index is -4.66. The summed E-state index contributed by atoms with van der Waals surface area (Å²) in [5.74, 6) is -1.25. The zero-order valence-electron chi connectivity index (χ0n) is 10.9. The van der Waals surface area contributed by atoms with Crippen LogP contribution in [0.5, 0.6) is 0 Å². The van der Waals surface area contributed by atoms with E-state index in [2.05, 4.69) is 5.32 Å². The minimum absolute atomic E-state index is 0.221. The molecule has 1 aromatic rings. The van der Waals surface area contributed by atoms with E-state index < -0.39 is 17.6 Å². The molecule has 0 fully saturated rings. The molecule has 0 spiro atoms. The molecule has 0 aromatic heterocycles. The molecule has 1 N–H and O–H groups in total. The Hall–Kier alpha value is -1.14. The molecule has 0 saturated heterocycles. The third-order valence-corrected chi connectivity index (χ3v) is 2.76. The Balaban J connectivity index is 2.96. The van der Waals surface area contributed by atoms with Gasteiger partial charge in [0.05, 0.1) is 5.56 Å². The van der Waals surface area contributed by atoms with Crippen molar-refractivity contribution in [2.24, 2.45) is 0 Å². The molecular formula is C13H17F4NO. The second kappa shape index (κ2) is 6.86. The van der Waals surface area contributed by atoms with Crippen LogP contribution in [0.15, 0.2) is 18.2 Å².